The molecule has 3 nitrogen and oxygen atoms in total. The number of benzene rings is 3. The topological polar surface area (TPSA) is 27.7 Å². The van der Waals surface area contributed by atoms with E-state index in [1.165, 1.54) is 51.8 Å². The largest absolute Gasteiger partial charge is 0.426 e. The van der Waals surface area contributed by atoms with E-state index in [4.69, 9.17) is 13.6 Å². The minimum Gasteiger partial charge on any atom is -0.426 e. The van der Waals surface area contributed by atoms with Crippen LogP contribution in [0.2, 0.25) is 0 Å². The van der Waals surface area contributed by atoms with Crippen LogP contribution >= 0.6 is 16.5 Å². The second-order valence-corrected chi connectivity index (χ2v) is 16.5. The molecule has 2 heterocycles. The average Bonchev–Trinajstić information content (AvgIpc) is 3.44. The molecule has 43 heavy (non-hydrogen) atoms. The summed E-state index contributed by atoms with van der Waals surface area (Å²) in [6.07, 6.45) is 8.63. The monoisotopic (exact) mass is 616 g/mol. The van der Waals surface area contributed by atoms with Gasteiger partial charge in [-0.05, 0) is 97.8 Å². The van der Waals surface area contributed by atoms with E-state index in [1.807, 2.05) is 0 Å². The standard InChI is InChI=1S/C38H50O3P2/c1-8-9-16-33-23-27(4)30(7)34-24-28(5)37(29(6)26(2)3)40-43(41-38(33)34)39-25-42-35(31-17-12-10-13-18-31)21-22-36(42)32-19-14-11-15-20-32/h10-15,17-20,23-24,26,29,35-37H,8-9,16,21-22,25H2,1-7H3/t29-,35+,36+,37?,43?/m0/s1. The fourth-order valence-electron chi connectivity index (χ4n) is 6.55. The summed E-state index contributed by atoms with van der Waals surface area (Å²) >= 11 is 0. The number of fused-ring (bicyclic) bond motifs is 1. The lowest BCUT2D eigenvalue weighted by atomic mass is 9.87. The van der Waals surface area contributed by atoms with Gasteiger partial charge in [-0.15, -0.1) is 0 Å². The van der Waals surface area contributed by atoms with Crippen molar-refractivity contribution < 1.29 is 13.6 Å². The molecule has 2 aliphatic rings. The van der Waals surface area contributed by atoms with E-state index in [1.54, 1.807) is 0 Å². The molecule has 1 saturated heterocycles. The molecule has 0 aromatic heterocycles. The molecule has 5 heteroatoms. The van der Waals surface area contributed by atoms with Crippen LogP contribution in [0.25, 0.3) is 6.08 Å². The average molecular weight is 617 g/mol. The van der Waals surface area contributed by atoms with Gasteiger partial charge in [0.25, 0.3) is 0 Å². The number of rotatable bonds is 10. The van der Waals surface area contributed by atoms with E-state index in [0.29, 0.717) is 29.5 Å². The van der Waals surface area contributed by atoms with Crippen molar-refractivity contribution in [2.45, 2.75) is 98.0 Å². The van der Waals surface area contributed by atoms with Crippen LogP contribution in [0.5, 0.6) is 5.75 Å². The molecule has 230 valence electrons. The van der Waals surface area contributed by atoms with Crippen LogP contribution in [-0.2, 0) is 15.5 Å². The molecule has 3 aromatic rings. The van der Waals surface area contributed by atoms with Crippen LogP contribution < -0.4 is 4.52 Å². The Labute approximate surface area is 263 Å². The molecule has 2 aliphatic heterocycles. The number of hydrogen-bond acceptors (Lipinski definition) is 3. The van der Waals surface area contributed by atoms with Gasteiger partial charge in [-0.3, -0.25) is 9.05 Å². The molecular weight excluding hydrogens is 566 g/mol. The van der Waals surface area contributed by atoms with E-state index < -0.39 is 16.5 Å². The van der Waals surface area contributed by atoms with Crippen molar-refractivity contribution in [1.82, 2.24) is 0 Å². The lowest BCUT2D eigenvalue weighted by molar-refractivity contribution is 0.119. The first kappa shape index (κ1) is 32.4. The first-order chi connectivity index (χ1) is 20.8. The molecule has 1 fully saturated rings. The Bertz CT molecular complexity index is 1320. The van der Waals surface area contributed by atoms with Crippen molar-refractivity contribution in [3.05, 3.63) is 106 Å². The Morgan fingerprint density at radius 1 is 0.884 bits per heavy atom. The maximum absolute atomic E-state index is 6.94. The minimum atomic E-state index is -1.60. The third kappa shape index (κ3) is 7.45. The first-order valence-electron chi connectivity index (χ1n) is 16.2. The molecule has 0 spiro atoms. The van der Waals surface area contributed by atoms with Gasteiger partial charge in [-0.1, -0.05) is 109 Å². The van der Waals surface area contributed by atoms with E-state index >= 15 is 0 Å². The maximum atomic E-state index is 6.94. The van der Waals surface area contributed by atoms with Gasteiger partial charge >= 0.3 is 8.60 Å². The molecule has 2 unspecified atom stereocenters. The Kier molecular flexibility index (Phi) is 11.2. The molecule has 0 N–H and O–H groups in total. The summed E-state index contributed by atoms with van der Waals surface area (Å²) in [5, 5.41) is 0. The Hall–Kier alpha value is -2.02. The smallest absolute Gasteiger partial charge is 0.398 e. The maximum Gasteiger partial charge on any atom is 0.398 e. The van der Waals surface area contributed by atoms with Crippen molar-refractivity contribution in [2.24, 2.45) is 11.8 Å². The number of hydrogen-bond donors (Lipinski definition) is 0. The van der Waals surface area contributed by atoms with Gasteiger partial charge in [-0.25, -0.2) is 0 Å². The molecule has 0 radical (unpaired) electrons. The van der Waals surface area contributed by atoms with Crippen LogP contribution in [-0.4, -0.2) is 12.5 Å². The Balaban J connectivity index is 1.50. The summed E-state index contributed by atoms with van der Waals surface area (Å²) in [6, 6.07) is 24.5. The van der Waals surface area contributed by atoms with Crippen LogP contribution in [0, 0.1) is 25.7 Å². The summed E-state index contributed by atoms with van der Waals surface area (Å²) in [7, 11) is -2.09. The van der Waals surface area contributed by atoms with Crippen LogP contribution in [0.15, 0.2) is 72.3 Å². The van der Waals surface area contributed by atoms with Gasteiger partial charge in [0, 0.05) is 16.9 Å². The van der Waals surface area contributed by atoms with E-state index in [0.717, 1.165) is 25.0 Å². The van der Waals surface area contributed by atoms with E-state index in [9.17, 15) is 0 Å². The van der Waals surface area contributed by atoms with Crippen molar-refractivity contribution in [1.29, 1.82) is 0 Å². The highest BCUT2D eigenvalue weighted by Gasteiger charge is 2.40. The van der Waals surface area contributed by atoms with Gasteiger partial charge in [0.05, 0.1) is 12.5 Å². The SMILES string of the molecule is CCCCc1cc(C)c(C)c2c1OP(OCP1[C@@H](c3ccccc3)CC[C@@H]1c1ccccc1)OC([C@@H](C)C(C)C)C(C)=C2. The predicted octanol–water partition coefficient (Wildman–Crippen LogP) is 12.1. The quantitative estimate of drug-likeness (QED) is 0.212. The summed E-state index contributed by atoms with van der Waals surface area (Å²) in [6.45, 7) is 15.8. The highest BCUT2D eigenvalue weighted by atomic mass is 31.2. The van der Waals surface area contributed by atoms with Gasteiger partial charge in [0.15, 0.2) is 0 Å². The Morgan fingerprint density at radius 2 is 1.49 bits per heavy atom. The third-order valence-corrected chi connectivity index (χ3v) is 14.0. The summed E-state index contributed by atoms with van der Waals surface area (Å²) in [5.74, 6) is 1.79. The molecule has 5 rings (SSSR count). The molecule has 0 amide bonds. The van der Waals surface area contributed by atoms with Crippen molar-refractivity contribution in [2.75, 3.05) is 6.35 Å². The zero-order chi connectivity index (χ0) is 30.5. The molecular formula is C38H50O3P2. The number of unbranched alkanes of at least 4 members (excludes halogenated alkanes) is 1. The van der Waals surface area contributed by atoms with Crippen molar-refractivity contribution in [3.63, 3.8) is 0 Å². The van der Waals surface area contributed by atoms with Crippen molar-refractivity contribution >= 4 is 22.6 Å². The molecule has 5 atom stereocenters. The first-order valence-corrected chi connectivity index (χ1v) is 19.0. The normalized spacial score (nSPS) is 23.3. The second kappa shape index (κ2) is 14.8. The highest BCUT2D eigenvalue weighted by molar-refractivity contribution is 7.59. The van der Waals surface area contributed by atoms with Crippen molar-refractivity contribution in [3.8, 4) is 5.75 Å². The zero-order valence-corrected chi connectivity index (χ0v) is 29.0. The molecule has 0 bridgehead atoms. The molecule has 0 aliphatic carbocycles. The van der Waals surface area contributed by atoms with Gasteiger partial charge in [0.2, 0.25) is 0 Å². The predicted molar refractivity (Wildman–Crippen MR) is 185 cm³/mol. The molecule has 0 saturated carbocycles. The van der Waals surface area contributed by atoms with Crippen LogP contribution in [0.4, 0.5) is 0 Å². The second-order valence-electron chi connectivity index (χ2n) is 12.9. The van der Waals surface area contributed by atoms with Gasteiger partial charge < -0.3 is 4.52 Å². The van der Waals surface area contributed by atoms with Gasteiger partial charge in [-0.2, -0.15) is 0 Å². The van der Waals surface area contributed by atoms with Gasteiger partial charge in [0.1, 0.15) is 5.75 Å². The highest BCUT2D eigenvalue weighted by Crippen LogP contribution is 2.71. The summed E-state index contributed by atoms with van der Waals surface area (Å²) in [5.41, 5.74) is 10.2. The number of aryl methyl sites for hydroxylation is 2. The molecule has 3 aromatic carbocycles. The van der Waals surface area contributed by atoms with Crippen LogP contribution in [0.3, 0.4) is 0 Å². The third-order valence-electron chi connectivity index (χ3n) is 9.63. The van der Waals surface area contributed by atoms with Crippen LogP contribution in [0.1, 0.15) is 105 Å². The summed E-state index contributed by atoms with van der Waals surface area (Å²) < 4.78 is 20.8. The fraction of sp³-hybridized carbons (Fsp3) is 0.474. The lowest BCUT2D eigenvalue weighted by Crippen LogP contribution is -2.27. The van der Waals surface area contributed by atoms with E-state index in [-0.39, 0.29) is 6.10 Å². The lowest BCUT2D eigenvalue weighted by Gasteiger charge is -2.34. The Morgan fingerprint density at radius 3 is 2.05 bits per heavy atom. The van der Waals surface area contributed by atoms with E-state index in [2.05, 4.69) is 121 Å². The zero-order valence-electron chi connectivity index (χ0n) is 27.2. The summed E-state index contributed by atoms with van der Waals surface area (Å²) in [4.78, 5) is 0. The fourth-order valence-corrected chi connectivity index (χ4v) is 11.4. The minimum absolute atomic E-state index is 0.0514.